The molecule has 0 rings (SSSR count). The molecule has 0 aliphatic rings. The minimum absolute atomic E-state index is 0.0939. The lowest BCUT2D eigenvalue weighted by atomic mass is 10.0. The number of ether oxygens (including phenoxy) is 2. The van der Waals surface area contributed by atoms with E-state index in [1.807, 2.05) is 5.92 Å². The minimum Gasteiger partial charge on any atom is -0.469 e. The van der Waals surface area contributed by atoms with Crippen LogP contribution in [-0.2, 0) is 19.1 Å². The van der Waals surface area contributed by atoms with Crippen molar-refractivity contribution in [3.05, 3.63) is 0 Å². The van der Waals surface area contributed by atoms with E-state index in [0.717, 1.165) is 25.7 Å². The van der Waals surface area contributed by atoms with E-state index in [0.29, 0.717) is 13.0 Å². The maximum Gasteiger partial charge on any atom is 0.384 e. The molecule has 0 radical (unpaired) electrons. The monoisotopic (exact) mass is 338 g/mol. The molecule has 0 saturated heterocycles. The van der Waals surface area contributed by atoms with Gasteiger partial charge < -0.3 is 9.47 Å². The van der Waals surface area contributed by atoms with Crippen molar-refractivity contribution in [1.29, 1.82) is 0 Å². The van der Waals surface area contributed by atoms with Gasteiger partial charge in [0.1, 0.15) is 0 Å². The van der Waals surface area contributed by atoms with Gasteiger partial charge in [0.15, 0.2) is 0 Å². The maximum atomic E-state index is 10.9. The van der Waals surface area contributed by atoms with E-state index in [-0.39, 0.29) is 5.97 Å². The fraction of sp³-hybridized carbons (Fsp3) is 0.800. The summed E-state index contributed by atoms with van der Waals surface area (Å²) in [4.78, 5) is 21.6. The Kier molecular flexibility index (Phi) is 16.7. The van der Waals surface area contributed by atoms with Crippen molar-refractivity contribution in [2.45, 2.75) is 89.9 Å². The molecule has 0 fully saturated rings. The van der Waals surface area contributed by atoms with Gasteiger partial charge in [-0.3, -0.25) is 4.79 Å². The predicted molar refractivity (Wildman–Crippen MR) is 96.4 cm³/mol. The topological polar surface area (TPSA) is 52.6 Å². The van der Waals surface area contributed by atoms with Gasteiger partial charge in [-0.1, -0.05) is 70.6 Å². The Morgan fingerprint density at radius 1 is 0.750 bits per heavy atom. The smallest absolute Gasteiger partial charge is 0.384 e. The summed E-state index contributed by atoms with van der Waals surface area (Å²) in [5, 5.41) is 0. The molecule has 0 atom stereocenters. The van der Waals surface area contributed by atoms with Crippen molar-refractivity contribution in [3.8, 4) is 12.3 Å². The lowest BCUT2D eigenvalue weighted by Gasteiger charge is -2.03. The molecule has 0 bridgehead atoms. The average Bonchev–Trinajstić information content (AvgIpc) is 2.60. The summed E-state index contributed by atoms with van der Waals surface area (Å²) < 4.78 is 9.44. The Morgan fingerprint density at radius 3 is 1.58 bits per heavy atom. The summed E-state index contributed by atoms with van der Waals surface area (Å²) in [6, 6.07) is 0. The van der Waals surface area contributed by atoms with Crippen molar-refractivity contribution in [2.24, 2.45) is 0 Å². The summed E-state index contributed by atoms with van der Waals surface area (Å²) in [6.07, 6.45) is 21.1. The fourth-order valence-electron chi connectivity index (χ4n) is 2.62. The standard InChI is InChI=1S/C20H34O4/c1-3-19(21)24-18-16-14-12-10-8-6-4-5-7-9-11-13-15-17-20(22)23-2/h1H,4-18H2,2H3. The molecule has 0 amide bonds. The van der Waals surface area contributed by atoms with E-state index in [1.165, 1.54) is 64.9 Å². The second kappa shape index (κ2) is 17.8. The Bertz CT molecular complexity index is 357. The Labute approximate surface area is 147 Å². The van der Waals surface area contributed by atoms with E-state index >= 15 is 0 Å². The Hall–Kier alpha value is -1.50. The van der Waals surface area contributed by atoms with Crippen LogP contribution < -0.4 is 0 Å². The predicted octanol–water partition coefficient (Wildman–Crippen LogP) is 4.80. The van der Waals surface area contributed by atoms with Crippen LogP contribution in [0.2, 0.25) is 0 Å². The van der Waals surface area contributed by atoms with Crippen LogP contribution in [0.3, 0.4) is 0 Å². The number of hydrogen-bond acceptors (Lipinski definition) is 4. The van der Waals surface area contributed by atoms with Crippen LogP contribution in [-0.4, -0.2) is 25.7 Å². The van der Waals surface area contributed by atoms with Crippen molar-refractivity contribution < 1.29 is 19.1 Å². The zero-order chi connectivity index (χ0) is 17.9. The Morgan fingerprint density at radius 2 is 1.17 bits per heavy atom. The molecular weight excluding hydrogens is 304 g/mol. The highest BCUT2D eigenvalue weighted by atomic mass is 16.5. The van der Waals surface area contributed by atoms with Crippen molar-refractivity contribution in [3.63, 3.8) is 0 Å². The van der Waals surface area contributed by atoms with Crippen molar-refractivity contribution in [1.82, 2.24) is 0 Å². The van der Waals surface area contributed by atoms with Crippen LogP contribution in [0.5, 0.6) is 0 Å². The zero-order valence-corrected chi connectivity index (χ0v) is 15.3. The molecule has 0 spiro atoms. The molecule has 0 unspecified atom stereocenters. The number of methoxy groups -OCH3 is 1. The fourth-order valence-corrected chi connectivity index (χ4v) is 2.62. The molecule has 24 heavy (non-hydrogen) atoms. The van der Waals surface area contributed by atoms with Gasteiger partial charge in [0.2, 0.25) is 0 Å². The molecule has 0 N–H and O–H groups in total. The highest BCUT2D eigenvalue weighted by Crippen LogP contribution is 2.13. The molecule has 138 valence electrons. The summed E-state index contributed by atoms with van der Waals surface area (Å²) in [5.74, 6) is 1.29. The van der Waals surface area contributed by atoms with Gasteiger partial charge in [-0.15, -0.1) is 6.42 Å². The summed E-state index contributed by atoms with van der Waals surface area (Å²) >= 11 is 0. The highest BCUT2D eigenvalue weighted by molar-refractivity contribution is 5.87. The first kappa shape index (κ1) is 22.5. The van der Waals surface area contributed by atoms with Gasteiger partial charge in [-0.05, 0) is 12.8 Å². The van der Waals surface area contributed by atoms with Crippen LogP contribution in [0.1, 0.15) is 89.9 Å². The number of carbonyl (C=O) groups excluding carboxylic acids is 2. The second-order valence-corrected chi connectivity index (χ2v) is 6.20. The third-order valence-electron chi connectivity index (χ3n) is 4.10. The number of rotatable bonds is 16. The van der Waals surface area contributed by atoms with Gasteiger partial charge in [0.05, 0.1) is 13.7 Å². The van der Waals surface area contributed by atoms with Crippen LogP contribution in [0.25, 0.3) is 0 Å². The first-order chi connectivity index (χ1) is 11.7. The molecule has 4 heteroatoms. The quantitative estimate of drug-likeness (QED) is 0.176. The largest absolute Gasteiger partial charge is 0.469 e. The molecule has 0 aliphatic heterocycles. The van der Waals surface area contributed by atoms with Gasteiger partial charge >= 0.3 is 11.9 Å². The third-order valence-corrected chi connectivity index (χ3v) is 4.10. The van der Waals surface area contributed by atoms with Crippen LogP contribution in [0.15, 0.2) is 0 Å². The number of terminal acetylenes is 1. The minimum atomic E-state index is -0.557. The maximum absolute atomic E-state index is 10.9. The molecular formula is C20H34O4. The van der Waals surface area contributed by atoms with E-state index in [9.17, 15) is 9.59 Å². The zero-order valence-electron chi connectivity index (χ0n) is 15.3. The number of hydrogen-bond donors (Lipinski definition) is 0. The second-order valence-electron chi connectivity index (χ2n) is 6.20. The van der Waals surface area contributed by atoms with E-state index in [1.54, 1.807) is 0 Å². The molecule has 0 aromatic carbocycles. The molecule has 0 heterocycles. The SMILES string of the molecule is C#CC(=O)OCCCCCCCCCCCCCCCC(=O)OC. The molecule has 0 saturated carbocycles. The van der Waals surface area contributed by atoms with Crippen molar-refractivity contribution >= 4 is 11.9 Å². The molecule has 4 nitrogen and oxygen atoms in total. The first-order valence-electron chi connectivity index (χ1n) is 9.41. The summed E-state index contributed by atoms with van der Waals surface area (Å²) in [7, 11) is 1.44. The van der Waals surface area contributed by atoms with E-state index in [4.69, 9.17) is 11.2 Å². The van der Waals surface area contributed by atoms with Crippen LogP contribution in [0, 0.1) is 12.3 Å². The van der Waals surface area contributed by atoms with Crippen molar-refractivity contribution in [2.75, 3.05) is 13.7 Å². The third kappa shape index (κ3) is 16.9. The summed E-state index contributed by atoms with van der Waals surface area (Å²) in [5.41, 5.74) is 0. The van der Waals surface area contributed by atoms with E-state index < -0.39 is 5.97 Å². The summed E-state index contributed by atoms with van der Waals surface area (Å²) in [6.45, 7) is 0.447. The number of unbranched alkanes of at least 4 members (excludes halogenated alkanes) is 12. The lowest BCUT2D eigenvalue weighted by molar-refractivity contribution is -0.140. The van der Waals surface area contributed by atoms with Crippen LogP contribution >= 0.6 is 0 Å². The lowest BCUT2D eigenvalue weighted by Crippen LogP contribution is -2.02. The number of carbonyl (C=O) groups is 2. The van der Waals surface area contributed by atoms with Gasteiger partial charge in [-0.2, -0.15) is 0 Å². The molecule has 0 aliphatic carbocycles. The van der Waals surface area contributed by atoms with Gasteiger partial charge in [0.25, 0.3) is 0 Å². The first-order valence-corrected chi connectivity index (χ1v) is 9.41. The highest BCUT2D eigenvalue weighted by Gasteiger charge is 1.99. The number of esters is 2. The van der Waals surface area contributed by atoms with Crippen LogP contribution in [0.4, 0.5) is 0 Å². The van der Waals surface area contributed by atoms with Gasteiger partial charge in [0, 0.05) is 12.3 Å². The molecule has 0 aromatic heterocycles. The van der Waals surface area contributed by atoms with Gasteiger partial charge in [-0.25, -0.2) is 4.79 Å². The Balaban J connectivity index is 3.06. The average molecular weight is 338 g/mol. The van der Waals surface area contributed by atoms with E-state index in [2.05, 4.69) is 4.74 Å². The molecule has 0 aromatic rings. The normalized spacial score (nSPS) is 10.2.